The third kappa shape index (κ3) is 8.04. The lowest BCUT2D eigenvalue weighted by Crippen LogP contribution is -2.41. The maximum Gasteiger partial charge on any atom is 0.191 e. The van der Waals surface area contributed by atoms with Gasteiger partial charge in [0.1, 0.15) is 0 Å². The number of hydrogen-bond donors (Lipinski definition) is 2. The first-order chi connectivity index (χ1) is 13.7. The van der Waals surface area contributed by atoms with Crippen molar-refractivity contribution in [1.29, 1.82) is 0 Å². The van der Waals surface area contributed by atoms with Crippen LogP contribution in [0.25, 0.3) is 0 Å². The maximum atomic E-state index is 5.49. The summed E-state index contributed by atoms with van der Waals surface area (Å²) in [6, 6.07) is 8.54. The van der Waals surface area contributed by atoms with Crippen molar-refractivity contribution < 1.29 is 9.47 Å². The van der Waals surface area contributed by atoms with Gasteiger partial charge in [0.05, 0.1) is 19.8 Å². The highest BCUT2D eigenvalue weighted by atomic mass is 16.5. The molecule has 1 aromatic carbocycles. The first-order valence-electron chi connectivity index (χ1n) is 10.3. The van der Waals surface area contributed by atoms with Gasteiger partial charge >= 0.3 is 0 Å². The molecule has 0 radical (unpaired) electrons. The van der Waals surface area contributed by atoms with Gasteiger partial charge in [-0.05, 0) is 32.0 Å². The molecule has 0 atom stereocenters. The second-order valence-corrected chi connectivity index (χ2v) is 7.00. The van der Waals surface area contributed by atoms with E-state index in [2.05, 4.69) is 58.7 Å². The van der Waals surface area contributed by atoms with Gasteiger partial charge in [-0.3, -0.25) is 0 Å². The van der Waals surface area contributed by atoms with Crippen molar-refractivity contribution in [3.63, 3.8) is 0 Å². The number of benzene rings is 1. The molecule has 1 aliphatic rings. The number of anilines is 1. The molecule has 0 aliphatic carbocycles. The summed E-state index contributed by atoms with van der Waals surface area (Å²) in [6.07, 6.45) is 1.06. The molecule has 28 heavy (non-hydrogen) atoms. The largest absolute Gasteiger partial charge is 0.385 e. The van der Waals surface area contributed by atoms with Crippen LogP contribution in [0.15, 0.2) is 29.3 Å². The summed E-state index contributed by atoms with van der Waals surface area (Å²) in [4.78, 5) is 9.51. The molecule has 2 rings (SSSR count). The maximum absolute atomic E-state index is 5.49. The molecule has 1 aliphatic heterocycles. The third-order valence-electron chi connectivity index (χ3n) is 4.77. The van der Waals surface area contributed by atoms with Crippen LogP contribution in [0.1, 0.15) is 18.9 Å². The Morgan fingerprint density at radius 2 is 2.00 bits per heavy atom. The predicted octanol–water partition coefficient (Wildman–Crippen LogP) is 1.55. The number of guanidine groups is 1. The number of morpholine rings is 1. The number of nitrogens with one attached hydrogen (secondary N) is 2. The molecule has 1 heterocycles. The van der Waals surface area contributed by atoms with Crippen molar-refractivity contribution in [2.45, 2.75) is 19.9 Å². The molecule has 0 bridgehead atoms. The molecule has 7 heteroatoms. The number of aliphatic imine (C=N–C) groups is 1. The highest BCUT2D eigenvalue weighted by molar-refractivity contribution is 5.79. The van der Waals surface area contributed by atoms with E-state index in [1.807, 2.05) is 0 Å². The molecule has 0 spiro atoms. The molecule has 1 saturated heterocycles. The number of nitrogens with zero attached hydrogens (tertiary/aromatic N) is 3. The zero-order valence-corrected chi connectivity index (χ0v) is 17.7. The highest BCUT2D eigenvalue weighted by Crippen LogP contribution is 2.22. The van der Waals surface area contributed by atoms with E-state index in [4.69, 9.17) is 14.5 Å². The fourth-order valence-electron chi connectivity index (χ4n) is 3.22. The lowest BCUT2D eigenvalue weighted by molar-refractivity contribution is 0.122. The van der Waals surface area contributed by atoms with Crippen molar-refractivity contribution in [2.24, 2.45) is 4.99 Å². The summed E-state index contributed by atoms with van der Waals surface area (Å²) >= 11 is 0. The highest BCUT2D eigenvalue weighted by Gasteiger charge is 2.14. The van der Waals surface area contributed by atoms with Gasteiger partial charge in [-0.15, -0.1) is 0 Å². The van der Waals surface area contributed by atoms with Crippen LogP contribution >= 0.6 is 0 Å². The van der Waals surface area contributed by atoms with Crippen LogP contribution < -0.4 is 15.5 Å². The molecule has 0 unspecified atom stereocenters. The molecule has 1 aromatic rings. The Labute approximate surface area is 170 Å². The summed E-state index contributed by atoms with van der Waals surface area (Å²) in [6.45, 7) is 10.7. The molecular formula is C21H37N5O2. The number of rotatable bonds is 11. The second kappa shape index (κ2) is 13.4. The average Bonchev–Trinajstić information content (AvgIpc) is 2.73. The fourth-order valence-corrected chi connectivity index (χ4v) is 3.22. The Kier molecular flexibility index (Phi) is 10.7. The van der Waals surface area contributed by atoms with E-state index in [9.17, 15) is 0 Å². The summed E-state index contributed by atoms with van der Waals surface area (Å²) in [5.74, 6) is 0.865. The number of para-hydroxylation sites is 1. The lowest BCUT2D eigenvalue weighted by Gasteiger charge is -2.30. The molecular weight excluding hydrogens is 354 g/mol. The Hall–Kier alpha value is -1.83. The van der Waals surface area contributed by atoms with Crippen molar-refractivity contribution in [1.82, 2.24) is 15.5 Å². The lowest BCUT2D eigenvalue weighted by atomic mass is 10.1. The van der Waals surface area contributed by atoms with Crippen LogP contribution in [0.4, 0.5) is 5.69 Å². The molecule has 158 valence electrons. The SMILES string of the molecule is CCNC(=NCc1ccccc1N1CCOCC1)NCCN(C)CCCOC. The van der Waals surface area contributed by atoms with E-state index in [1.165, 1.54) is 11.3 Å². The van der Waals surface area contributed by atoms with Gasteiger partial charge in [0, 0.05) is 58.7 Å². The number of likely N-dealkylation sites (N-methyl/N-ethyl adjacent to an activating group) is 1. The van der Waals surface area contributed by atoms with Crippen LogP contribution in [0.3, 0.4) is 0 Å². The first kappa shape index (κ1) is 22.5. The van der Waals surface area contributed by atoms with E-state index in [0.717, 1.165) is 71.5 Å². The molecule has 0 saturated carbocycles. The number of hydrogen-bond acceptors (Lipinski definition) is 5. The van der Waals surface area contributed by atoms with E-state index < -0.39 is 0 Å². The van der Waals surface area contributed by atoms with E-state index >= 15 is 0 Å². The van der Waals surface area contributed by atoms with E-state index in [1.54, 1.807) is 7.11 Å². The van der Waals surface area contributed by atoms with Crippen molar-refractivity contribution >= 4 is 11.6 Å². The monoisotopic (exact) mass is 391 g/mol. The van der Waals surface area contributed by atoms with Gasteiger partial charge in [0.2, 0.25) is 0 Å². The average molecular weight is 392 g/mol. The second-order valence-electron chi connectivity index (χ2n) is 7.00. The Bertz CT molecular complexity index is 576. The standard InChI is InChI=1S/C21H37N5O2/c1-4-22-21(23-10-12-25(2)11-7-15-27-3)24-18-19-8-5-6-9-20(19)26-13-16-28-17-14-26/h5-6,8-9H,4,7,10-18H2,1-3H3,(H2,22,23,24). The molecule has 0 aromatic heterocycles. The topological polar surface area (TPSA) is 61.4 Å². The summed E-state index contributed by atoms with van der Waals surface area (Å²) < 4.78 is 10.6. The van der Waals surface area contributed by atoms with Gasteiger partial charge in [0.15, 0.2) is 5.96 Å². The number of ether oxygens (including phenoxy) is 2. The Balaban J connectivity index is 1.88. The van der Waals surface area contributed by atoms with Crippen molar-refractivity contribution in [2.75, 3.05) is 78.1 Å². The van der Waals surface area contributed by atoms with Crippen molar-refractivity contribution in [3.8, 4) is 0 Å². The van der Waals surface area contributed by atoms with E-state index in [-0.39, 0.29) is 0 Å². The van der Waals surface area contributed by atoms with Crippen LogP contribution in [0.5, 0.6) is 0 Å². The third-order valence-corrected chi connectivity index (χ3v) is 4.77. The molecule has 1 fully saturated rings. The van der Waals surface area contributed by atoms with Gasteiger partial charge in [0.25, 0.3) is 0 Å². The quantitative estimate of drug-likeness (QED) is 0.339. The molecule has 0 amide bonds. The predicted molar refractivity (Wildman–Crippen MR) is 116 cm³/mol. The van der Waals surface area contributed by atoms with Crippen LogP contribution in [0.2, 0.25) is 0 Å². The Morgan fingerprint density at radius 3 is 2.75 bits per heavy atom. The van der Waals surface area contributed by atoms with Gasteiger partial charge < -0.3 is 29.9 Å². The summed E-state index contributed by atoms with van der Waals surface area (Å²) in [7, 11) is 3.89. The minimum absolute atomic E-state index is 0.659. The van der Waals surface area contributed by atoms with Gasteiger partial charge in [-0.1, -0.05) is 18.2 Å². The van der Waals surface area contributed by atoms with Crippen LogP contribution in [0, 0.1) is 0 Å². The van der Waals surface area contributed by atoms with Gasteiger partial charge in [-0.25, -0.2) is 4.99 Å². The summed E-state index contributed by atoms with van der Waals surface area (Å²) in [5.41, 5.74) is 2.52. The zero-order valence-electron chi connectivity index (χ0n) is 17.7. The normalized spacial score (nSPS) is 15.1. The van der Waals surface area contributed by atoms with E-state index in [0.29, 0.717) is 6.54 Å². The first-order valence-corrected chi connectivity index (χ1v) is 10.3. The summed E-state index contributed by atoms with van der Waals surface area (Å²) in [5, 5.41) is 6.79. The zero-order chi connectivity index (χ0) is 20.0. The minimum Gasteiger partial charge on any atom is -0.385 e. The fraction of sp³-hybridized carbons (Fsp3) is 0.667. The van der Waals surface area contributed by atoms with Crippen LogP contribution in [-0.2, 0) is 16.0 Å². The number of methoxy groups -OCH3 is 1. The molecule has 2 N–H and O–H groups in total. The van der Waals surface area contributed by atoms with Gasteiger partial charge in [-0.2, -0.15) is 0 Å². The van der Waals surface area contributed by atoms with Crippen molar-refractivity contribution in [3.05, 3.63) is 29.8 Å². The Morgan fingerprint density at radius 1 is 1.21 bits per heavy atom. The van der Waals surface area contributed by atoms with Crippen LogP contribution in [-0.4, -0.2) is 84.1 Å². The minimum atomic E-state index is 0.659. The smallest absolute Gasteiger partial charge is 0.191 e. The molecule has 7 nitrogen and oxygen atoms in total.